The molecule has 1 unspecified atom stereocenters. The van der Waals surface area contributed by atoms with E-state index in [1.54, 1.807) is 0 Å². The molecule has 0 bridgehead atoms. The molecule has 0 heterocycles. The van der Waals surface area contributed by atoms with Crippen molar-refractivity contribution in [3.8, 4) is 6.07 Å². The third-order valence-corrected chi connectivity index (χ3v) is 3.71. The lowest BCUT2D eigenvalue weighted by Crippen LogP contribution is -2.06. The van der Waals surface area contributed by atoms with Crippen molar-refractivity contribution in [1.29, 1.82) is 5.26 Å². The van der Waals surface area contributed by atoms with Gasteiger partial charge in [0.1, 0.15) is 0 Å². The monoisotopic (exact) mass is 362 g/mol. The summed E-state index contributed by atoms with van der Waals surface area (Å²) in [7, 11) is 0. The number of halogens is 1. The Morgan fingerprint density at radius 1 is 1.11 bits per heavy atom. The average Bonchev–Trinajstić information content (AvgIpc) is 2.42. The first kappa shape index (κ1) is 13.9. The van der Waals surface area contributed by atoms with Gasteiger partial charge < -0.3 is 5.32 Å². The Morgan fingerprint density at radius 2 is 1.74 bits per heavy atom. The number of nitrogens with one attached hydrogen (secondary N) is 1. The summed E-state index contributed by atoms with van der Waals surface area (Å²) in [4.78, 5) is 0. The second kappa shape index (κ2) is 6.58. The van der Waals surface area contributed by atoms with Gasteiger partial charge in [-0.05, 0) is 64.9 Å². The highest BCUT2D eigenvalue weighted by molar-refractivity contribution is 14.1. The van der Waals surface area contributed by atoms with Crippen LogP contribution in [0, 0.1) is 14.9 Å². The molecule has 2 nitrogen and oxygen atoms in total. The molecule has 2 aromatic rings. The van der Waals surface area contributed by atoms with Gasteiger partial charge in [0.25, 0.3) is 0 Å². The van der Waals surface area contributed by atoms with Crippen LogP contribution in [0.25, 0.3) is 0 Å². The molecule has 0 aliphatic rings. The molecule has 2 rings (SSSR count). The maximum atomic E-state index is 8.64. The number of hydrogen-bond acceptors (Lipinski definition) is 2. The van der Waals surface area contributed by atoms with Crippen LogP contribution < -0.4 is 5.32 Å². The summed E-state index contributed by atoms with van der Waals surface area (Å²) in [5.41, 5.74) is 3.39. The fourth-order valence-electron chi connectivity index (χ4n) is 1.89. The predicted octanol–water partition coefficient (Wildman–Crippen LogP) is 4.53. The first-order valence-electron chi connectivity index (χ1n) is 6.17. The van der Waals surface area contributed by atoms with Gasteiger partial charge in [0.15, 0.2) is 0 Å². The largest absolute Gasteiger partial charge is 0.379 e. The SMILES string of the molecule is CC(Nc1ccc(CC#N)cc1)c1ccc(I)cc1. The first-order valence-corrected chi connectivity index (χ1v) is 7.25. The zero-order chi connectivity index (χ0) is 13.7. The average molecular weight is 362 g/mol. The normalized spacial score (nSPS) is 11.6. The van der Waals surface area contributed by atoms with Gasteiger partial charge in [-0.1, -0.05) is 24.3 Å². The Bertz CT molecular complexity index is 567. The van der Waals surface area contributed by atoms with E-state index in [2.05, 4.69) is 65.2 Å². The first-order chi connectivity index (χ1) is 9.19. The van der Waals surface area contributed by atoms with Crippen molar-refractivity contribution in [1.82, 2.24) is 0 Å². The van der Waals surface area contributed by atoms with Gasteiger partial charge in [0.05, 0.1) is 12.5 Å². The molecule has 0 spiro atoms. The third kappa shape index (κ3) is 3.97. The van der Waals surface area contributed by atoms with Crippen molar-refractivity contribution < 1.29 is 0 Å². The lowest BCUT2D eigenvalue weighted by atomic mass is 10.1. The predicted molar refractivity (Wildman–Crippen MR) is 87.0 cm³/mol. The molecule has 96 valence electrons. The summed E-state index contributed by atoms with van der Waals surface area (Å²) in [6, 6.07) is 19.0. The van der Waals surface area contributed by atoms with Crippen LogP contribution in [-0.2, 0) is 6.42 Å². The van der Waals surface area contributed by atoms with Crippen molar-refractivity contribution in [3.63, 3.8) is 0 Å². The molecule has 0 aliphatic carbocycles. The minimum Gasteiger partial charge on any atom is -0.379 e. The van der Waals surface area contributed by atoms with E-state index < -0.39 is 0 Å². The number of rotatable bonds is 4. The van der Waals surface area contributed by atoms with E-state index in [4.69, 9.17) is 5.26 Å². The van der Waals surface area contributed by atoms with Crippen molar-refractivity contribution in [3.05, 3.63) is 63.2 Å². The Hall–Kier alpha value is -1.54. The third-order valence-electron chi connectivity index (χ3n) is 2.99. The molecule has 19 heavy (non-hydrogen) atoms. The molecule has 0 radical (unpaired) electrons. The molecule has 1 atom stereocenters. The number of nitrogens with zero attached hydrogens (tertiary/aromatic N) is 1. The quantitative estimate of drug-likeness (QED) is 0.812. The summed E-state index contributed by atoms with van der Waals surface area (Å²) in [6.45, 7) is 2.14. The Kier molecular flexibility index (Phi) is 4.80. The van der Waals surface area contributed by atoms with E-state index in [9.17, 15) is 0 Å². The molecule has 0 amide bonds. The highest BCUT2D eigenvalue weighted by atomic mass is 127. The minimum atomic E-state index is 0.263. The second-order valence-electron chi connectivity index (χ2n) is 4.45. The van der Waals surface area contributed by atoms with Crippen LogP contribution in [0.15, 0.2) is 48.5 Å². The summed E-state index contributed by atoms with van der Waals surface area (Å²) in [5, 5.41) is 12.1. The van der Waals surface area contributed by atoms with E-state index in [-0.39, 0.29) is 6.04 Å². The van der Waals surface area contributed by atoms with E-state index >= 15 is 0 Å². The van der Waals surface area contributed by atoms with Crippen molar-refractivity contribution in [2.45, 2.75) is 19.4 Å². The maximum Gasteiger partial charge on any atom is 0.0669 e. The highest BCUT2D eigenvalue weighted by Gasteiger charge is 2.04. The van der Waals surface area contributed by atoms with Gasteiger partial charge in [-0.3, -0.25) is 0 Å². The van der Waals surface area contributed by atoms with Gasteiger partial charge in [0, 0.05) is 15.3 Å². The van der Waals surface area contributed by atoms with E-state index in [0.717, 1.165) is 11.3 Å². The molecule has 3 heteroatoms. The Labute approximate surface area is 127 Å². The molecule has 0 fully saturated rings. The summed E-state index contributed by atoms with van der Waals surface area (Å²) in [5.74, 6) is 0. The number of anilines is 1. The molecule has 0 saturated carbocycles. The van der Waals surface area contributed by atoms with Crippen LogP contribution >= 0.6 is 22.6 Å². The van der Waals surface area contributed by atoms with Gasteiger partial charge in [-0.15, -0.1) is 0 Å². The van der Waals surface area contributed by atoms with Crippen LogP contribution in [-0.4, -0.2) is 0 Å². The van der Waals surface area contributed by atoms with Gasteiger partial charge in [-0.2, -0.15) is 5.26 Å². The molecule has 2 aromatic carbocycles. The van der Waals surface area contributed by atoms with Crippen LogP contribution in [0.4, 0.5) is 5.69 Å². The van der Waals surface area contributed by atoms with Crippen LogP contribution in [0.5, 0.6) is 0 Å². The Morgan fingerprint density at radius 3 is 2.32 bits per heavy atom. The van der Waals surface area contributed by atoms with Crippen molar-refractivity contribution in [2.75, 3.05) is 5.32 Å². The van der Waals surface area contributed by atoms with Gasteiger partial charge >= 0.3 is 0 Å². The topological polar surface area (TPSA) is 35.8 Å². The van der Waals surface area contributed by atoms with E-state index in [1.807, 2.05) is 24.3 Å². The number of nitriles is 1. The minimum absolute atomic E-state index is 0.263. The summed E-state index contributed by atoms with van der Waals surface area (Å²) < 4.78 is 1.24. The molecule has 1 N–H and O–H groups in total. The van der Waals surface area contributed by atoms with Crippen LogP contribution in [0.2, 0.25) is 0 Å². The molecule has 0 saturated heterocycles. The Balaban J connectivity index is 2.04. The molecule has 0 aromatic heterocycles. The second-order valence-corrected chi connectivity index (χ2v) is 5.70. The maximum absolute atomic E-state index is 8.64. The zero-order valence-electron chi connectivity index (χ0n) is 10.7. The molecule has 0 aliphatic heterocycles. The smallest absolute Gasteiger partial charge is 0.0669 e. The van der Waals surface area contributed by atoms with Crippen LogP contribution in [0.1, 0.15) is 24.1 Å². The van der Waals surface area contributed by atoms with Gasteiger partial charge in [0.2, 0.25) is 0 Å². The molecular formula is C16H15IN2. The van der Waals surface area contributed by atoms with Crippen LogP contribution in [0.3, 0.4) is 0 Å². The highest BCUT2D eigenvalue weighted by Crippen LogP contribution is 2.20. The number of hydrogen-bond donors (Lipinski definition) is 1. The standard InChI is InChI=1S/C16H15IN2/c1-12(14-4-6-15(17)7-5-14)19-16-8-2-13(3-9-16)10-11-18/h2-9,12,19H,10H2,1H3. The summed E-state index contributed by atoms with van der Waals surface area (Å²) >= 11 is 2.31. The zero-order valence-corrected chi connectivity index (χ0v) is 12.9. The fraction of sp³-hybridized carbons (Fsp3) is 0.188. The van der Waals surface area contributed by atoms with Crippen molar-refractivity contribution in [2.24, 2.45) is 0 Å². The van der Waals surface area contributed by atoms with Crippen molar-refractivity contribution >= 4 is 28.3 Å². The fourth-order valence-corrected chi connectivity index (χ4v) is 2.25. The summed E-state index contributed by atoms with van der Waals surface area (Å²) in [6.07, 6.45) is 0.465. The number of benzene rings is 2. The lowest BCUT2D eigenvalue weighted by molar-refractivity contribution is 0.884. The lowest BCUT2D eigenvalue weighted by Gasteiger charge is -2.16. The van der Waals surface area contributed by atoms with Gasteiger partial charge in [-0.25, -0.2) is 0 Å². The van der Waals surface area contributed by atoms with E-state index in [0.29, 0.717) is 6.42 Å². The van der Waals surface area contributed by atoms with E-state index in [1.165, 1.54) is 9.13 Å². The molecular weight excluding hydrogens is 347 g/mol.